The van der Waals surface area contributed by atoms with Gasteiger partial charge in [0.05, 0.1) is 10.2 Å². The van der Waals surface area contributed by atoms with Crippen molar-refractivity contribution in [2.75, 3.05) is 19.6 Å². The average molecular weight is 404 g/mol. The third kappa shape index (κ3) is 4.10. The average Bonchev–Trinajstić information content (AvgIpc) is 2.94. The van der Waals surface area contributed by atoms with E-state index in [2.05, 4.69) is 28.4 Å². The van der Waals surface area contributed by atoms with Gasteiger partial charge in [0, 0.05) is 38.1 Å². The number of thiazole rings is 1. The van der Waals surface area contributed by atoms with Gasteiger partial charge in [0.2, 0.25) is 0 Å². The molecule has 1 aromatic heterocycles. The topological polar surface area (TPSA) is 63.6 Å². The van der Waals surface area contributed by atoms with Crippen molar-refractivity contribution in [2.24, 2.45) is 0 Å². The molecule has 1 amide bonds. The fourth-order valence-corrected chi connectivity index (χ4v) is 5.31. The number of alkyl carbamates (subject to hydrolysis) is 1. The van der Waals surface area contributed by atoms with Crippen LogP contribution in [-0.2, 0) is 11.3 Å². The number of piperidine rings is 1. The second kappa shape index (κ2) is 7.52. The Hall–Kier alpha value is -1.86. The first-order chi connectivity index (χ1) is 13.3. The van der Waals surface area contributed by atoms with Gasteiger partial charge in [-0.2, -0.15) is 0 Å². The Labute approximate surface area is 169 Å². The molecule has 7 heteroatoms. The molecule has 2 aliphatic heterocycles. The maximum Gasteiger partial charge on any atom is 0.407 e. The summed E-state index contributed by atoms with van der Waals surface area (Å²) in [6, 6.07) is 6.50. The van der Waals surface area contributed by atoms with Crippen LogP contribution in [0.3, 0.4) is 0 Å². The summed E-state index contributed by atoms with van der Waals surface area (Å²) in [5, 5.41) is 3.01. The van der Waals surface area contributed by atoms with E-state index in [1.165, 1.54) is 16.9 Å². The number of ether oxygens (including phenoxy) is 1. The molecule has 2 aromatic rings. The third-order valence-corrected chi connectivity index (χ3v) is 6.59. The number of benzene rings is 1. The van der Waals surface area contributed by atoms with Crippen LogP contribution in [-0.4, -0.2) is 46.8 Å². The summed E-state index contributed by atoms with van der Waals surface area (Å²) >= 11 is 1.36. The molecule has 2 aliphatic rings. The number of likely N-dealkylation sites (tertiary alicyclic amines) is 1. The van der Waals surface area contributed by atoms with Gasteiger partial charge in [-0.1, -0.05) is 23.5 Å². The zero-order chi connectivity index (χ0) is 19.9. The molecule has 3 heterocycles. The molecule has 4 rings (SSSR count). The highest BCUT2D eigenvalue weighted by Gasteiger charge is 2.28. The van der Waals surface area contributed by atoms with Crippen molar-refractivity contribution in [1.29, 1.82) is 0 Å². The number of amides is 1. The molecule has 0 aliphatic carbocycles. The summed E-state index contributed by atoms with van der Waals surface area (Å²) in [7, 11) is 0. The van der Waals surface area contributed by atoms with E-state index in [0.29, 0.717) is 5.92 Å². The number of rotatable bonds is 3. The molecule has 1 unspecified atom stereocenters. The van der Waals surface area contributed by atoms with Crippen molar-refractivity contribution in [2.45, 2.75) is 64.1 Å². The molecular formula is C21H29N3O3S. The van der Waals surface area contributed by atoms with Gasteiger partial charge in [-0.15, -0.1) is 0 Å². The predicted molar refractivity (Wildman–Crippen MR) is 112 cm³/mol. The standard InChI is InChI=1S/C21H29N3O3S/c1-21(2,3)27-19(25)22-15-8-10-23(11-9-15)13-14-7-12-24-18-16(14)5-4-6-17(18)28-20(24)26/h4-6,14-15H,7-13H2,1-3H3,(H,22,25). The second-order valence-electron chi connectivity index (χ2n) is 8.92. The van der Waals surface area contributed by atoms with E-state index in [1.54, 1.807) is 0 Å². The van der Waals surface area contributed by atoms with Crippen molar-refractivity contribution in [1.82, 2.24) is 14.8 Å². The van der Waals surface area contributed by atoms with Crippen LogP contribution in [0.5, 0.6) is 0 Å². The SMILES string of the molecule is CC(C)(C)OC(=O)NC1CCN(CC2CCn3c(=O)sc4cccc2c43)CC1. The molecule has 1 saturated heterocycles. The number of carbonyl (C=O) groups is 1. The summed E-state index contributed by atoms with van der Waals surface area (Å²) < 4.78 is 8.42. The van der Waals surface area contributed by atoms with Gasteiger partial charge in [-0.3, -0.25) is 9.36 Å². The molecule has 6 nitrogen and oxygen atoms in total. The summed E-state index contributed by atoms with van der Waals surface area (Å²) in [5.41, 5.74) is 2.00. The fraction of sp³-hybridized carbons (Fsp3) is 0.619. The van der Waals surface area contributed by atoms with Crippen molar-refractivity contribution in [3.8, 4) is 0 Å². The number of hydrogen-bond acceptors (Lipinski definition) is 5. The van der Waals surface area contributed by atoms with Crippen molar-refractivity contribution < 1.29 is 9.53 Å². The molecule has 0 radical (unpaired) electrons. The van der Waals surface area contributed by atoms with Crippen molar-refractivity contribution in [3.63, 3.8) is 0 Å². The minimum absolute atomic E-state index is 0.162. The van der Waals surface area contributed by atoms with E-state index >= 15 is 0 Å². The molecule has 1 fully saturated rings. The lowest BCUT2D eigenvalue weighted by atomic mass is 9.90. The van der Waals surface area contributed by atoms with Gasteiger partial charge in [-0.25, -0.2) is 4.79 Å². The van der Waals surface area contributed by atoms with E-state index in [4.69, 9.17) is 4.74 Å². The molecule has 1 atom stereocenters. The second-order valence-corrected chi connectivity index (χ2v) is 9.91. The van der Waals surface area contributed by atoms with Crippen molar-refractivity contribution in [3.05, 3.63) is 33.4 Å². The Kier molecular flexibility index (Phi) is 5.22. The number of nitrogens with one attached hydrogen (secondary N) is 1. The first-order valence-corrected chi connectivity index (χ1v) is 11.0. The van der Waals surface area contributed by atoms with Gasteiger partial charge >= 0.3 is 11.0 Å². The number of aryl methyl sites for hydroxylation is 1. The molecule has 0 saturated carbocycles. The highest BCUT2D eigenvalue weighted by Crippen LogP contribution is 2.34. The van der Waals surface area contributed by atoms with Crippen LogP contribution < -0.4 is 10.2 Å². The van der Waals surface area contributed by atoms with E-state index in [-0.39, 0.29) is 17.0 Å². The number of nitrogens with zero attached hydrogens (tertiary/aromatic N) is 2. The van der Waals surface area contributed by atoms with E-state index in [1.807, 2.05) is 25.3 Å². The molecule has 28 heavy (non-hydrogen) atoms. The Bertz CT molecular complexity index is 919. The number of para-hydroxylation sites is 1. The largest absolute Gasteiger partial charge is 0.444 e. The fourth-order valence-electron chi connectivity index (χ4n) is 4.36. The van der Waals surface area contributed by atoms with Crippen LogP contribution in [0.2, 0.25) is 0 Å². The number of aromatic nitrogens is 1. The lowest BCUT2D eigenvalue weighted by Crippen LogP contribution is -2.47. The highest BCUT2D eigenvalue weighted by atomic mass is 32.1. The molecule has 0 spiro atoms. The Morgan fingerprint density at radius 2 is 1.96 bits per heavy atom. The zero-order valence-electron chi connectivity index (χ0n) is 16.9. The molecule has 152 valence electrons. The van der Waals surface area contributed by atoms with Gasteiger partial charge < -0.3 is 15.0 Å². The van der Waals surface area contributed by atoms with Gasteiger partial charge in [0.15, 0.2) is 0 Å². The summed E-state index contributed by atoms with van der Waals surface area (Å²) in [6.07, 6.45) is 2.58. The summed E-state index contributed by atoms with van der Waals surface area (Å²) in [4.78, 5) is 26.8. The van der Waals surface area contributed by atoms with Crippen LogP contribution in [0.1, 0.15) is 51.5 Å². The lowest BCUT2D eigenvalue weighted by Gasteiger charge is -2.36. The normalized spacial score (nSPS) is 21.0. The monoisotopic (exact) mass is 403 g/mol. The van der Waals surface area contributed by atoms with Gasteiger partial charge in [0.25, 0.3) is 0 Å². The highest BCUT2D eigenvalue weighted by molar-refractivity contribution is 7.16. The Morgan fingerprint density at radius 3 is 2.68 bits per heavy atom. The Balaban J connectivity index is 1.35. The summed E-state index contributed by atoms with van der Waals surface area (Å²) in [5.74, 6) is 0.466. The zero-order valence-corrected chi connectivity index (χ0v) is 17.7. The molecule has 1 N–H and O–H groups in total. The lowest BCUT2D eigenvalue weighted by molar-refractivity contribution is 0.0477. The van der Waals surface area contributed by atoms with Crippen LogP contribution in [0, 0.1) is 0 Å². The predicted octanol–water partition coefficient (Wildman–Crippen LogP) is 3.54. The molecule has 1 aromatic carbocycles. The quantitative estimate of drug-likeness (QED) is 0.851. The molecule has 0 bridgehead atoms. The Morgan fingerprint density at radius 1 is 1.21 bits per heavy atom. The van der Waals surface area contributed by atoms with Crippen LogP contribution >= 0.6 is 11.3 Å². The maximum absolute atomic E-state index is 12.2. The van der Waals surface area contributed by atoms with E-state index in [9.17, 15) is 9.59 Å². The maximum atomic E-state index is 12.2. The van der Waals surface area contributed by atoms with Crippen molar-refractivity contribution >= 4 is 27.6 Å². The van der Waals surface area contributed by atoms with Gasteiger partial charge in [0.1, 0.15) is 5.60 Å². The van der Waals surface area contributed by atoms with E-state index in [0.717, 1.165) is 55.7 Å². The first-order valence-electron chi connectivity index (χ1n) is 10.1. The minimum atomic E-state index is -0.463. The van der Waals surface area contributed by atoms with Gasteiger partial charge in [-0.05, 0) is 51.7 Å². The minimum Gasteiger partial charge on any atom is -0.444 e. The first kappa shape index (κ1) is 19.5. The van der Waals surface area contributed by atoms with Crippen LogP contribution in [0.25, 0.3) is 10.2 Å². The van der Waals surface area contributed by atoms with Crippen LogP contribution in [0.4, 0.5) is 4.79 Å². The number of carbonyl (C=O) groups excluding carboxylic acids is 1. The third-order valence-electron chi connectivity index (χ3n) is 5.65. The molecular weight excluding hydrogens is 374 g/mol. The van der Waals surface area contributed by atoms with E-state index < -0.39 is 5.60 Å². The van der Waals surface area contributed by atoms with Crippen LogP contribution in [0.15, 0.2) is 23.0 Å². The summed E-state index contributed by atoms with van der Waals surface area (Å²) in [6.45, 7) is 9.43. The smallest absolute Gasteiger partial charge is 0.407 e. The number of hydrogen-bond donors (Lipinski definition) is 1.